The van der Waals surface area contributed by atoms with Crippen LogP contribution in [0.3, 0.4) is 0 Å². The fourth-order valence-electron chi connectivity index (χ4n) is 1.33. The Labute approximate surface area is 107 Å². The molecule has 0 atom stereocenters. The van der Waals surface area contributed by atoms with Crippen molar-refractivity contribution >= 4 is 21.7 Å². The van der Waals surface area contributed by atoms with Gasteiger partial charge in [-0.25, -0.2) is 9.37 Å². The van der Waals surface area contributed by atoms with E-state index in [1.807, 2.05) is 0 Å². The van der Waals surface area contributed by atoms with Gasteiger partial charge in [-0.1, -0.05) is 0 Å². The summed E-state index contributed by atoms with van der Waals surface area (Å²) in [5.41, 5.74) is 6.43. The average Bonchev–Trinajstić information content (AvgIpc) is 2.30. The average molecular weight is 297 g/mol. The lowest BCUT2D eigenvalue weighted by Gasteiger charge is -2.08. The van der Waals surface area contributed by atoms with Crippen LogP contribution in [0, 0.1) is 5.82 Å². The smallest absolute Gasteiger partial charge is 0.136 e. The summed E-state index contributed by atoms with van der Waals surface area (Å²) < 4.78 is 19.2. The maximum atomic E-state index is 13.0. The van der Waals surface area contributed by atoms with Gasteiger partial charge < -0.3 is 10.5 Å². The maximum absolute atomic E-state index is 13.0. The third-order valence-corrected chi connectivity index (χ3v) is 2.79. The number of hydrogen-bond donors (Lipinski definition) is 1. The lowest BCUT2D eigenvalue weighted by Crippen LogP contribution is -1.98. The van der Waals surface area contributed by atoms with Crippen LogP contribution in [0.5, 0.6) is 5.75 Å². The number of nitrogens with two attached hydrogens (primary N) is 1. The van der Waals surface area contributed by atoms with Crippen LogP contribution in [0.15, 0.2) is 41.0 Å². The molecule has 17 heavy (non-hydrogen) atoms. The van der Waals surface area contributed by atoms with E-state index < -0.39 is 0 Å². The highest BCUT2D eigenvalue weighted by molar-refractivity contribution is 9.10. The molecule has 2 aromatic rings. The van der Waals surface area contributed by atoms with Gasteiger partial charge >= 0.3 is 0 Å². The van der Waals surface area contributed by atoms with E-state index in [1.165, 1.54) is 12.1 Å². The summed E-state index contributed by atoms with van der Waals surface area (Å²) in [5.74, 6) is 0.558. The van der Waals surface area contributed by atoms with E-state index >= 15 is 0 Å². The minimum absolute atomic E-state index is 0.314. The molecule has 0 aliphatic heterocycles. The molecule has 0 amide bonds. The molecule has 1 aromatic heterocycles. The van der Waals surface area contributed by atoms with Gasteiger partial charge in [-0.15, -0.1) is 0 Å². The van der Waals surface area contributed by atoms with Gasteiger partial charge in [0, 0.05) is 12.3 Å². The Morgan fingerprint density at radius 3 is 2.88 bits per heavy atom. The predicted molar refractivity (Wildman–Crippen MR) is 67.1 cm³/mol. The summed E-state index contributed by atoms with van der Waals surface area (Å²) in [6.07, 6.45) is 1.61. The first-order valence-corrected chi connectivity index (χ1v) is 5.73. The van der Waals surface area contributed by atoms with E-state index in [-0.39, 0.29) is 5.82 Å². The lowest BCUT2D eigenvalue weighted by molar-refractivity contribution is 0.302. The van der Waals surface area contributed by atoms with E-state index in [1.54, 1.807) is 24.4 Å². The van der Waals surface area contributed by atoms with Crippen molar-refractivity contribution in [1.29, 1.82) is 0 Å². The summed E-state index contributed by atoms with van der Waals surface area (Å²) in [4.78, 5) is 3.88. The van der Waals surface area contributed by atoms with Crippen LogP contribution in [0.1, 0.15) is 5.56 Å². The third-order valence-electron chi connectivity index (χ3n) is 2.13. The van der Waals surface area contributed by atoms with Crippen molar-refractivity contribution in [3.8, 4) is 5.75 Å². The Balaban J connectivity index is 2.09. The van der Waals surface area contributed by atoms with Gasteiger partial charge in [0.05, 0.1) is 4.47 Å². The molecule has 0 saturated carbocycles. The van der Waals surface area contributed by atoms with E-state index in [9.17, 15) is 4.39 Å². The molecule has 0 fully saturated rings. The normalized spacial score (nSPS) is 10.2. The molecule has 3 nitrogen and oxygen atoms in total. The molecule has 0 aliphatic rings. The third kappa shape index (κ3) is 3.17. The van der Waals surface area contributed by atoms with Gasteiger partial charge in [0.2, 0.25) is 0 Å². The zero-order chi connectivity index (χ0) is 12.3. The molecule has 0 saturated heterocycles. The molecule has 88 valence electrons. The monoisotopic (exact) mass is 296 g/mol. The van der Waals surface area contributed by atoms with Crippen molar-refractivity contribution in [2.75, 3.05) is 5.73 Å². The standard InChI is InChI=1S/C12H10BrFN2O/c13-10-2-1-9(14)6-11(10)17-7-8-3-4-16-12(15)5-8/h1-6H,7H2,(H2,15,16). The van der Waals surface area contributed by atoms with Crippen LogP contribution in [-0.2, 0) is 6.61 Å². The molecule has 1 aromatic carbocycles. The van der Waals surface area contributed by atoms with Gasteiger partial charge in [0.25, 0.3) is 0 Å². The Bertz CT molecular complexity index is 534. The summed E-state index contributed by atoms with van der Waals surface area (Å²) in [6.45, 7) is 0.314. The quantitative estimate of drug-likeness (QED) is 0.946. The minimum atomic E-state index is -0.336. The van der Waals surface area contributed by atoms with Crippen LogP contribution in [0.4, 0.5) is 10.2 Å². The number of halogens is 2. The van der Waals surface area contributed by atoms with Crippen molar-refractivity contribution in [1.82, 2.24) is 4.98 Å². The molecule has 0 unspecified atom stereocenters. The first kappa shape index (κ1) is 11.9. The number of ether oxygens (including phenoxy) is 1. The van der Waals surface area contributed by atoms with Crippen molar-refractivity contribution in [3.63, 3.8) is 0 Å². The largest absolute Gasteiger partial charge is 0.488 e. The van der Waals surface area contributed by atoms with Crippen LogP contribution in [0.2, 0.25) is 0 Å². The first-order chi connectivity index (χ1) is 8.15. The summed E-state index contributed by atoms with van der Waals surface area (Å²) in [5, 5.41) is 0. The Morgan fingerprint density at radius 2 is 2.12 bits per heavy atom. The van der Waals surface area contributed by atoms with Crippen molar-refractivity contribution in [3.05, 3.63) is 52.4 Å². The predicted octanol–water partition coefficient (Wildman–Crippen LogP) is 3.14. The topological polar surface area (TPSA) is 48.1 Å². The van der Waals surface area contributed by atoms with Crippen LogP contribution in [-0.4, -0.2) is 4.98 Å². The number of rotatable bonds is 3. The van der Waals surface area contributed by atoms with Gasteiger partial charge in [-0.2, -0.15) is 0 Å². The highest BCUT2D eigenvalue weighted by Crippen LogP contribution is 2.26. The Kier molecular flexibility index (Phi) is 3.58. The number of nitrogens with zero attached hydrogens (tertiary/aromatic N) is 1. The first-order valence-electron chi connectivity index (χ1n) is 4.93. The zero-order valence-corrected chi connectivity index (χ0v) is 10.4. The number of hydrogen-bond acceptors (Lipinski definition) is 3. The number of pyridine rings is 1. The fourth-order valence-corrected chi connectivity index (χ4v) is 1.69. The summed E-state index contributed by atoms with van der Waals surface area (Å²) >= 11 is 3.29. The second-order valence-electron chi connectivity index (χ2n) is 3.45. The van der Waals surface area contributed by atoms with Crippen molar-refractivity contribution < 1.29 is 9.13 Å². The van der Waals surface area contributed by atoms with Gasteiger partial charge in [0.15, 0.2) is 0 Å². The van der Waals surface area contributed by atoms with Crippen LogP contribution >= 0.6 is 15.9 Å². The van der Waals surface area contributed by atoms with E-state index in [0.29, 0.717) is 22.6 Å². The van der Waals surface area contributed by atoms with Gasteiger partial charge in [-0.3, -0.25) is 0 Å². The minimum Gasteiger partial charge on any atom is -0.488 e. The van der Waals surface area contributed by atoms with Gasteiger partial charge in [-0.05, 0) is 45.8 Å². The zero-order valence-electron chi connectivity index (χ0n) is 8.86. The molecule has 1 heterocycles. The number of aromatic nitrogens is 1. The van der Waals surface area contributed by atoms with E-state index in [2.05, 4.69) is 20.9 Å². The number of benzene rings is 1. The molecular formula is C12H10BrFN2O. The molecule has 2 N–H and O–H groups in total. The molecule has 0 spiro atoms. The molecule has 5 heteroatoms. The molecule has 0 radical (unpaired) electrons. The highest BCUT2D eigenvalue weighted by atomic mass is 79.9. The van der Waals surface area contributed by atoms with Crippen LogP contribution < -0.4 is 10.5 Å². The van der Waals surface area contributed by atoms with E-state index in [4.69, 9.17) is 10.5 Å². The molecular weight excluding hydrogens is 287 g/mol. The van der Waals surface area contributed by atoms with Crippen molar-refractivity contribution in [2.45, 2.75) is 6.61 Å². The molecule has 0 aliphatic carbocycles. The Hall–Kier alpha value is -1.62. The maximum Gasteiger partial charge on any atom is 0.136 e. The van der Waals surface area contributed by atoms with Crippen LogP contribution in [0.25, 0.3) is 0 Å². The number of nitrogen functional groups attached to an aromatic ring is 1. The Morgan fingerprint density at radius 1 is 1.29 bits per heavy atom. The summed E-state index contributed by atoms with van der Waals surface area (Å²) in [6, 6.07) is 7.80. The second kappa shape index (κ2) is 5.14. The molecule has 2 rings (SSSR count). The number of anilines is 1. The second-order valence-corrected chi connectivity index (χ2v) is 4.31. The SMILES string of the molecule is Nc1cc(COc2cc(F)ccc2Br)ccn1. The van der Waals surface area contributed by atoms with E-state index in [0.717, 1.165) is 5.56 Å². The fraction of sp³-hybridized carbons (Fsp3) is 0.0833. The molecule has 0 bridgehead atoms. The van der Waals surface area contributed by atoms with Gasteiger partial charge in [0.1, 0.15) is 24.0 Å². The van der Waals surface area contributed by atoms with Crippen molar-refractivity contribution in [2.24, 2.45) is 0 Å². The lowest BCUT2D eigenvalue weighted by atomic mass is 10.3. The highest BCUT2D eigenvalue weighted by Gasteiger charge is 2.03. The summed E-state index contributed by atoms with van der Waals surface area (Å²) in [7, 11) is 0.